The van der Waals surface area contributed by atoms with E-state index in [1.165, 1.54) is 14.2 Å². The van der Waals surface area contributed by atoms with E-state index in [9.17, 15) is 14.9 Å². The number of benzene rings is 2. The second kappa shape index (κ2) is 13.6. The highest BCUT2D eigenvalue weighted by molar-refractivity contribution is 6.35. The molecule has 0 radical (unpaired) electrons. The van der Waals surface area contributed by atoms with Gasteiger partial charge in [0.25, 0.3) is 11.5 Å². The maximum atomic E-state index is 14.0. The third kappa shape index (κ3) is 7.36. The molecule has 0 aliphatic rings. The van der Waals surface area contributed by atoms with Crippen LogP contribution in [0.2, 0.25) is 5.02 Å². The summed E-state index contributed by atoms with van der Waals surface area (Å²) in [4.78, 5) is 35.5. The minimum Gasteiger partial charge on any atom is -0.497 e. The third-order valence-electron chi connectivity index (χ3n) is 6.77. The summed E-state index contributed by atoms with van der Waals surface area (Å²) >= 11 is 6.67. The maximum Gasteiger partial charge on any atom is 0.262 e. The van der Waals surface area contributed by atoms with Gasteiger partial charge in [-0.2, -0.15) is 10.2 Å². The van der Waals surface area contributed by atoms with Crippen molar-refractivity contribution in [2.75, 3.05) is 26.6 Å². The van der Waals surface area contributed by atoms with Crippen LogP contribution in [0.5, 0.6) is 11.5 Å². The number of ether oxygens (including phenoxy) is 2. The van der Waals surface area contributed by atoms with E-state index < -0.39 is 11.4 Å². The Bertz CT molecular complexity index is 1840. The summed E-state index contributed by atoms with van der Waals surface area (Å²) < 4.78 is 12.5. The quantitative estimate of drug-likeness (QED) is 0.174. The summed E-state index contributed by atoms with van der Waals surface area (Å²) in [5, 5.41) is 16.3. The Morgan fingerprint density at radius 2 is 1.91 bits per heavy atom. The number of aromatic nitrogens is 3. The molecule has 0 unspecified atom stereocenters. The third-order valence-corrected chi connectivity index (χ3v) is 7.16. The van der Waals surface area contributed by atoms with Crippen molar-refractivity contribution < 1.29 is 14.3 Å². The molecule has 2 aromatic carbocycles. The average Bonchev–Trinajstić information content (AvgIpc) is 3.00. The largest absolute Gasteiger partial charge is 0.497 e. The SMILES string of the molecule is CNc1ncc2cc(-c3cc(OC)cc(OC)c3Cl)c(=O)n(CCCc3cccc(C=C(C#N)C(=O)NC(C)(C)C)c3)c2n1. The Hall–Kier alpha value is -4.88. The average molecular weight is 615 g/mol. The number of nitrogens with one attached hydrogen (secondary N) is 2. The van der Waals surface area contributed by atoms with Gasteiger partial charge >= 0.3 is 0 Å². The number of carbonyl (C=O) groups excluding carboxylic acids is 1. The van der Waals surface area contributed by atoms with Crippen LogP contribution in [0.25, 0.3) is 28.2 Å². The number of hydrogen-bond donors (Lipinski definition) is 2. The van der Waals surface area contributed by atoms with Crippen LogP contribution in [0.4, 0.5) is 5.95 Å². The molecule has 0 saturated heterocycles. The summed E-state index contributed by atoms with van der Waals surface area (Å²) in [5.74, 6) is 0.854. The second-order valence-corrected chi connectivity index (χ2v) is 11.5. The van der Waals surface area contributed by atoms with Crippen LogP contribution in [0.1, 0.15) is 38.3 Å². The van der Waals surface area contributed by atoms with Gasteiger partial charge in [0.1, 0.15) is 28.8 Å². The highest BCUT2D eigenvalue weighted by Crippen LogP contribution is 2.38. The van der Waals surface area contributed by atoms with Crippen LogP contribution in [-0.2, 0) is 17.8 Å². The van der Waals surface area contributed by atoms with Crippen LogP contribution in [0.3, 0.4) is 0 Å². The smallest absolute Gasteiger partial charge is 0.262 e. The highest BCUT2D eigenvalue weighted by Gasteiger charge is 2.20. The van der Waals surface area contributed by atoms with Crippen molar-refractivity contribution >= 4 is 40.6 Å². The number of halogens is 1. The Morgan fingerprint density at radius 1 is 1.14 bits per heavy atom. The number of nitrogens with zero attached hydrogens (tertiary/aromatic N) is 4. The number of anilines is 1. The summed E-state index contributed by atoms with van der Waals surface area (Å²) in [5.41, 5.74) is 2.36. The molecule has 0 aliphatic heterocycles. The molecule has 2 heterocycles. The first-order chi connectivity index (χ1) is 21.0. The number of hydrogen-bond acceptors (Lipinski definition) is 8. The van der Waals surface area contributed by atoms with Gasteiger partial charge < -0.3 is 20.1 Å². The van der Waals surface area contributed by atoms with Gasteiger partial charge in [-0.05, 0) is 62.9 Å². The lowest BCUT2D eigenvalue weighted by Gasteiger charge is -2.20. The van der Waals surface area contributed by atoms with Gasteiger partial charge in [-0.3, -0.25) is 14.2 Å². The fourth-order valence-electron chi connectivity index (χ4n) is 4.72. The highest BCUT2D eigenvalue weighted by atomic mass is 35.5. The number of methoxy groups -OCH3 is 2. The van der Waals surface area contributed by atoms with Gasteiger partial charge in [0, 0.05) is 47.9 Å². The van der Waals surface area contributed by atoms with E-state index >= 15 is 0 Å². The zero-order chi connectivity index (χ0) is 32.0. The monoisotopic (exact) mass is 614 g/mol. The van der Waals surface area contributed by atoms with E-state index in [0.29, 0.717) is 64.0 Å². The van der Waals surface area contributed by atoms with E-state index in [0.717, 1.165) is 11.1 Å². The molecule has 0 spiro atoms. The lowest BCUT2D eigenvalue weighted by molar-refractivity contribution is -0.118. The first kappa shape index (κ1) is 32.0. The lowest BCUT2D eigenvalue weighted by atomic mass is 10.0. The molecule has 0 bridgehead atoms. The molecular weight excluding hydrogens is 580 g/mol. The summed E-state index contributed by atoms with van der Waals surface area (Å²) in [7, 11) is 4.75. The maximum absolute atomic E-state index is 14.0. The molecule has 10 nitrogen and oxygen atoms in total. The summed E-state index contributed by atoms with van der Waals surface area (Å²) in [6.45, 7) is 5.94. The molecule has 0 fully saturated rings. The van der Waals surface area contributed by atoms with Crippen LogP contribution >= 0.6 is 11.6 Å². The van der Waals surface area contributed by atoms with Crippen LogP contribution in [-0.4, -0.2) is 47.2 Å². The van der Waals surface area contributed by atoms with Crippen molar-refractivity contribution in [3.8, 4) is 28.7 Å². The minimum atomic E-state index is -0.461. The second-order valence-electron chi connectivity index (χ2n) is 11.2. The van der Waals surface area contributed by atoms with Crippen LogP contribution < -0.4 is 25.7 Å². The fourth-order valence-corrected chi connectivity index (χ4v) is 5.01. The Morgan fingerprint density at radius 3 is 2.57 bits per heavy atom. The van der Waals surface area contributed by atoms with E-state index in [4.69, 9.17) is 21.1 Å². The number of amides is 1. The molecule has 0 atom stereocenters. The first-order valence-corrected chi connectivity index (χ1v) is 14.4. The fraction of sp³-hybridized carbons (Fsp3) is 0.303. The summed E-state index contributed by atoms with van der Waals surface area (Å²) in [6.07, 6.45) is 4.48. The lowest BCUT2D eigenvalue weighted by Crippen LogP contribution is -2.41. The molecule has 44 heavy (non-hydrogen) atoms. The topological polar surface area (TPSA) is 131 Å². The van der Waals surface area contributed by atoms with Gasteiger partial charge in [-0.25, -0.2) is 4.98 Å². The van der Waals surface area contributed by atoms with Gasteiger partial charge in [-0.1, -0.05) is 35.9 Å². The van der Waals surface area contributed by atoms with E-state index in [1.54, 1.807) is 42.1 Å². The molecule has 0 aliphatic carbocycles. The summed E-state index contributed by atoms with van der Waals surface area (Å²) in [6, 6.07) is 14.7. The number of nitriles is 1. The van der Waals surface area contributed by atoms with Gasteiger partial charge in [0.2, 0.25) is 5.95 Å². The van der Waals surface area contributed by atoms with Crippen molar-refractivity contribution in [1.29, 1.82) is 5.26 Å². The normalized spacial score (nSPS) is 11.6. The number of rotatable bonds is 10. The molecule has 11 heteroatoms. The number of aryl methyl sites for hydroxylation is 2. The van der Waals surface area contributed by atoms with Gasteiger partial charge in [0.05, 0.1) is 19.2 Å². The van der Waals surface area contributed by atoms with Gasteiger partial charge in [-0.15, -0.1) is 0 Å². The predicted octanol–water partition coefficient (Wildman–Crippen LogP) is 5.63. The molecule has 4 rings (SSSR count). The number of pyridine rings is 1. The number of carbonyl (C=O) groups is 1. The standard InChI is InChI=1S/C33H35ClN6O4/c1-33(2,3)39-30(41)22(18-35)14-21-10-7-9-20(13-21)11-8-12-40-29-23(19-37-32(36-4)38-29)15-26(31(40)42)25-16-24(43-5)17-27(44-6)28(25)34/h7,9-10,13-17,19H,8,11-12H2,1-6H3,(H,39,41)(H,36,37,38). The molecule has 2 aromatic heterocycles. The van der Waals surface area contributed by atoms with Crippen LogP contribution in [0.15, 0.2) is 59.0 Å². The van der Waals surface area contributed by atoms with Gasteiger partial charge in [0.15, 0.2) is 0 Å². The Balaban J connectivity index is 1.68. The first-order valence-electron chi connectivity index (χ1n) is 14.0. The number of fused-ring (bicyclic) bond motifs is 1. The molecule has 4 aromatic rings. The molecular formula is C33H35ClN6O4. The zero-order valence-electron chi connectivity index (χ0n) is 25.6. The van der Waals surface area contributed by atoms with Crippen LogP contribution in [0, 0.1) is 11.3 Å². The van der Waals surface area contributed by atoms with Crippen molar-refractivity contribution in [1.82, 2.24) is 19.9 Å². The van der Waals surface area contributed by atoms with Crippen molar-refractivity contribution in [2.45, 2.75) is 45.7 Å². The minimum absolute atomic E-state index is 0.0276. The zero-order valence-corrected chi connectivity index (χ0v) is 26.4. The molecule has 0 saturated carbocycles. The molecule has 228 valence electrons. The Labute approximate surface area is 261 Å². The predicted molar refractivity (Wildman–Crippen MR) is 173 cm³/mol. The van der Waals surface area contributed by atoms with Crippen molar-refractivity contribution in [3.05, 3.63) is 80.7 Å². The van der Waals surface area contributed by atoms with E-state index in [-0.39, 0.29) is 11.1 Å². The van der Waals surface area contributed by atoms with Crippen molar-refractivity contribution in [2.24, 2.45) is 0 Å². The van der Waals surface area contributed by atoms with E-state index in [1.807, 2.05) is 51.1 Å². The molecule has 1 amide bonds. The van der Waals surface area contributed by atoms with E-state index in [2.05, 4.69) is 20.6 Å². The van der Waals surface area contributed by atoms with Crippen molar-refractivity contribution in [3.63, 3.8) is 0 Å². The Kier molecular flexibility index (Phi) is 9.91. The molecule has 2 N–H and O–H groups in total.